The molecule has 10 heteroatoms. The minimum Gasteiger partial charge on any atom is -0.435 e. The molecule has 0 spiro atoms. The zero-order valence-corrected chi connectivity index (χ0v) is 16.8. The molecular weight excluding hydrogens is 420 g/mol. The minimum absolute atomic E-state index is 0.0403. The molecule has 164 valence electrons. The zero-order valence-electron chi connectivity index (χ0n) is 16.8. The Balaban J connectivity index is 1.45. The van der Waals surface area contributed by atoms with E-state index in [-0.39, 0.29) is 18.3 Å². The number of alkyl halides is 2. The Hall–Kier alpha value is -3.79. The third-order valence-electron chi connectivity index (χ3n) is 5.42. The molecule has 1 aromatic carbocycles. The lowest BCUT2D eigenvalue weighted by atomic mass is 10.0. The van der Waals surface area contributed by atoms with Crippen LogP contribution < -0.4 is 4.74 Å². The Kier molecular flexibility index (Phi) is 5.28. The minimum atomic E-state index is -2.92. The Morgan fingerprint density at radius 2 is 2.16 bits per heavy atom. The molecule has 8 nitrogen and oxygen atoms in total. The normalized spacial score (nSPS) is 16.6. The summed E-state index contributed by atoms with van der Waals surface area (Å²) in [6.07, 6.45) is 5.06. The summed E-state index contributed by atoms with van der Waals surface area (Å²) in [7, 11) is 0. The van der Waals surface area contributed by atoms with Crippen molar-refractivity contribution in [2.75, 3.05) is 19.8 Å². The molecule has 1 aliphatic rings. The smallest absolute Gasteiger partial charge is 0.387 e. The maximum absolute atomic E-state index is 13.5. The highest BCUT2D eigenvalue weighted by Gasteiger charge is 2.31. The maximum atomic E-state index is 13.5. The SMILES string of the molecule is O=C(c1c[nH]c2nc(-c3cn[nH]c3)ccc12)N1CCOC[C@@H]1c1cccc(OC(F)F)c1. The van der Waals surface area contributed by atoms with E-state index in [1.54, 1.807) is 35.6 Å². The van der Waals surface area contributed by atoms with Crippen LogP contribution in [0.1, 0.15) is 22.0 Å². The van der Waals surface area contributed by atoms with Gasteiger partial charge in [0, 0.05) is 29.9 Å². The van der Waals surface area contributed by atoms with Crippen molar-refractivity contribution in [3.05, 3.63) is 66.1 Å². The number of amides is 1. The van der Waals surface area contributed by atoms with Gasteiger partial charge in [-0.3, -0.25) is 9.89 Å². The van der Waals surface area contributed by atoms with E-state index in [9.17, 15) is 13.6 Å². The number of carbonyl (C=O) groups is 1. The van der Waals surface area contributed by atoms with Crippen molar-refractivity contribution < 1.29 is 23.0 Å². The van der Waals surface area contributed by atoms with Gasteiger partial charge in [-0.15, -0.1) is 0 Å². The lowest BCUT2D eigenvalue weighted by Crippen LogP contribution is -2.43. The first-order valence-corrected chi connectivity index (χ1v) is 10.0. The van der Waals surface area contributed by atoms with Gasteiger partial charge in [0.15, 0.2) is 0 Å². The number of aromatic nitrogens is 4. The van der Waals surface area contributed by atoms with E-state index in [0.29, 0.717) is 35.3 Å². The number of nitrogens with one attached hydrogen (secondary N) is 2. The second-order valence-electron chi connectivity index (χ2n) is 7.32. The van der Waals surface area contributed by atoms with Gasteiger partial charge in [0.05, 0.1) is 36.7 Å². The number of carbonyl (C=O) groups excluding carboxylic acids is 1. The molecule has 0 radical (unpaired) electrons. The molecule has 1 atom stereocenters. The van der Waals surface area contributed by atoms with Crippen molar-refractivity contribution >= 4 is 16.9 Å². The summed E-state index contributed by atoms with van der Waals surface area (Å²) in [5, 5.41) is 7.38. The van der Waals surface area contributed by atoms with Crippen LogP contribution in [-0.4, -0.2) is 57.3 Å². The number of nitrogens with zero attached hydrogens (tertiary/aromatic N) is 3. The Morgan fingerprint density at radius 1 is 1.25 bits per heavy atom. The molecule has 4 aromatic rings. The van der Waals surface area contributed by atoms with E-state index in [1.807, 2.05) is 12.1 Å². The number of H-pyrrole nitrogens is 2. The van der Waals surface area contributed by atoms with Crippen molar-refractivity contribution in [2.45, 2.75) is 12.7 Å². The average Bonchev–Trinajstić information content (AvgIpc) is 3.48. The van der Waals surface area contributed by atoms with E-state index < -0.39 is 12.7 Å². The quantitative estimate of drug-likeness (QED) is 0.494. The molecule has 1 fully saturated rings. The van der Waals surface area contributed by atoms with Crippen molar-refractivity contribution in [3.8, 4) is 17.0 Å². The number of hydrogen-bond donors (Lipinski definition) is 2. The Labute approximate surface area is 181 Å². The molecule has 0 aliphatic carbocycles. The molecule has 32 heavy (non-hydrogen) atoms. The summed E-state index contributed by atoms with van der Waals surface area (Å²) in [5.74, 6) is -0.152. The lowest BCUT2D eigenvalue weighted by molar-refractivity contribution is -0.0501. The van der Waals surface area contributed by atoms with Crippen molar-refractivity contribution in [2.24, 2.45) is 0 Å². The molecule has 5 rings (SSSR count). The molecular formula is C22H19F2N5O3. The molecule has 1 amide bonds. The van der Waals surface area contributed by atoms with E-state index in [0.717, 1.165) is 11.3 Å². The summed E-state index contributed by atoms with van der Waals surface area (Å²) in [4.78, 5) is 22.8. The number of halogens is 2. The average molecular weight is 439 g/mol. The predicted molar refractivity (Wildman–Crippen MR) is 111 cm³/mol. The van der Waals surface area contributed by atoms with Gasteiger partial charge in [-0.2, -0.15) is 13.9 Å². The zero-order chi connectivity index (χ0) is 22.1. The number of hydrogen-bond acceptors (Lipinski definition) is 5. The van der Waals surface area contributed by atoms with Crippen LogP contribution in [0.4, 0.5) is 8.78 Å². The molecule has 1 aliphatic heterocycles. The number of ether oxygens (including phenoxy) is 2. The summed E-state index contributed by atoms with van der Waals surface area (Å²) >= 11 is 0. The third-order valence-corrected chi connectivity index (χ3v) is 5.42. The van der Waals surface area contributed by atoms with Crippen LogP contribution in [0.3, 0.4) is 0 Å². The van der Waals surface area contributed by atoms with Gasteiger partial charge in [-0.1, -0.05) is 12.1 Å². The molecule has 1 saturated heterocycles. The second-order valence-corrected chi connectivity index (χ2v) is 7.32. The largest absolute Gasteiger partial charge is 0.435 e. The molecule has 2 N–H and O–H groups in total. The molecule has 4 heterocycles. The number of pyridine rings is 1. The van der Waals surface area contributed by atoms with Crippen LogP contribution in [0.5, 0.6) is 5.75 Å². The summed E-state index contributed by atoms with van der Waals surface area (Å²) in [6, 6.07) is 9.61. The van der Waals surface area contributed by atoms with Crippen LogP contribution in [0.15, 0.2) is 55.0 Å². The molecule has 0 saturated carbocycles. The van der Waals surface area contributed by atoms with Crippen molar-refractivity contribution in [3.63, 3.8) is 0 Å². The highest BCUT2D eigenvalue weighted by Crippen LogP contribution is 2.31. The van der Waals surface area contributed by atoms with Crippen LogP contribution in [0, 0.1) is 0 Å². The molecule has 0 bridgehead atoms. The highest BCUT2D eigenvalue weighted by atomic mass is 19.3. The fourth-order valence-corrected chi connectivity index (χ4v) is 3.91. The van der Waals surface area contributed by atoms with Gasteiger partial charge in [-0.05, 0) is 29.8 Å². The first kappa shape index (κ1) is 20.1. The topological polar surface area (TPSA) is 96.1 Å². The summed E-state index contributed by atoms with van der Waals surface area (Å²) < 4.78 is 35.4. The predicted octanol–water partition coefficient (Wildman–Crippen LogP) is 3.77. The number of benzene rings is 1. The number of morpholine rings is 1. The van der Waals surface area contributed by atoms with Gasteiger partial charge in [0.1, 0.15) is 11.4 Å². The molecule has 3 aromatic heterocycles. The Morgan fingerprint density at radius 3 is 2.97 bits per heavy atom. The first-order chi connectivity index (χ1) is 15.6. The fraction of sp³-hybridized carbons (Fsp3) is 0.227. The lowest BCUT2D eigenvalue weighted by Gasteiger charge is -2.36. The highest BCUT2D eigenvalue weighted by molar-refractivity contribution is 6.06. The second kappa shape index (κ2) is 8.39. The van der Waals surface area contributed by atoms with E-state index in [1.165, 1.54) is 12.1 Å². The number of rotatable bonds is 5. The number of aromatic amines is 2. The van der Waals surface area contributed by atoms with E-state index in [4.69, 9.17) is 4.74 Å². The van der Waals surface area contributed by atoms with Gasteiger partial charge >= 0.3 is 6.61 Å². The fourth-order valence-electron chi connectivity index (χ4n) is 3.91. The Bertz CT molecular complexity index is 1240. The monoisotopic (exact) mass is 439 g/mol. The number of fused-ring (bicyclic) bond motifs is 1. The van der Waals surface area contributed by atoms with Crippen molar-refractivity contribution in [1.82, 2.24) is 25.1 Å². The standard InChI is InChI=1S/C22H19F2N5O3/c23-22(24)32-15-3-1-2-13(8-15)19-12-31-7-6-29(19)21(30)17-11-25-20-16(17)4-5-18(28-20)14-9-26-27-10-14/h1-5,8-11,19,22H,6-7,12H2,(H,25,28)(H,26,27)/t19-/m1/s1. The van der Waals surface area contributed by atoms with Gasteiger partial charge in [-0.25, -0.2) is 4.98 Å². The summed E-state index contributed by atoms with van der Waals surface area (Å²) in [5.41, 5.74) is 3.31. The van der Waals surface area contributed by atoms with Crippen LogP contribution >= 0.6 is 0 Å². The molecule has 0 unspecified atom stereocenters. The first-order valence-electron chi connectivity index (χ1n) is 10.0. The van der Waals surface area contributed by atoms with Gasteiger partial charge in [0.25, 0.3) is 5.91 Å². The van der Waals surface area contributed by atoms with Crippen molar-refractivity contribution in [1.29, 1.82) is 0 Å². The summed E-state index contributed by atoms with van der Waals surface area (Å²) in [6.45, 7) is -1.90. The van der Waals surface area contributed by atoms with Crippen LogP contribution in [0.25, 0.3) is 22.3 Å². The van der Waals surface area contributed by atoms with Gasteiger partial charge in [0.2, 0.25) is 0 Å². The van der Waals surface area contributed by atoms with E-state index >= 15 is 0 Å². The maximum Gasteiger partial charge on any atom is 0.387 e. The van der Waals surface area contributed by atoms with E-state index in [2.05, 4.69) is 24.9 Å². The third kappa shape index (κ3) is 3.80. The van der Waals surface area contributed by atoms with Crippen LogP contribution in [-0.2, 0) is 4.74 Å². The van der Waals surface area contributed by atoms with Gasteiger partial charge < -0.3 is 19.4 Å². The van der Waals surface area contributed by atoms with Crippen LogP contribution in [0.2, 0.25) is 0 Å².